The van der Waals surface area contributed by atoms with Gasteiger partial charge in [0.25, 0.3) is 0 Å². The van der Waals surface area contributed by atoms with E-state index in [4.69, 9.17) is 16.7 Å². The molecule has 25 heavy (non-hydrogen) atoms. The van der Waals surface area contributed by atoms with Crippen molar-refractivity contribution in [3.8, 4) is 11.5 Å². The van der Waals surface area contributed by atoms with Crippen LogP contribution in [-0.4, -0.2) is 26.0 Å². The Morgan fingerprint density at radius 3 is 2.68 bits per heavy atom. The monoisotopic (exact) mass is 369 g/mol. The van der Waals surface area contributed by atoms with Crippen molar-refractivity contribution in [2.24, 2.45) is 5.14 Å². The minimum atomic E-state index is -4.46. The lowest BCUT2D eigenvalue weighted by Crippen LogP contribution is -2.16. The fraction of sp³-hybridized carbons (Fsp3) is 0.235. The Balaban J connectivity index is 2.60. The molecule has 0 amide bonds. The summed E-state index contributed by atoms with van der Waals surface area (Å²) in [6.45, 7) is -4.71. The van der Waals surface area contributed by atoms with E-state index in [-0.39, 0.29) is 11.4 Å². The molecule has 4 N–H and O–H groups in total. The molecule has 134 valence electrons. The van der Waals surface area contributed by atoms with Gasteiger partial charge < -0.3 is 15.2 Å². The van der Waals surface area contributed by atoms with Crippen molar-refractivity contribution >= 4 is 21.7 Å². The van der Waals surface area contributed by atoms with Gasteiger partial charge in [-0.15, -0.1) is 0 Å². The number of sulfonamides is 1. The van der Waals surface area contributed by atoms with Gasteiger partial charge in [0.2, 0.25) is 10.0 Å². The second kappa shape index (κ2) is 8.00. The Hall–Kier alpha value is -2.58. The molecule has 0 aromatic heterocycles. The summed E-state index contributed by atoms with van der Waals surface area (Å²) < 4.78 is 67.6. The number of carboxylic acids is 1. The van der Waals surface area contributed by atoms with Gasteiger partial charge in [0.05, 0.1) is 11.3 Å². The van der Waals surface area contributed by atoms with Crippen molar-refractivity contribution in [1.29, 1.82) is 0 Å². The van der Waals surface area contributed by atoms with Crippen LogP contribution in [-0.2, 0) is 10.0 Å². The predicted molar refractivity (Wildman–Crippen MR) is 94.7 cm³/mol. The normalized spacial score (nSPS) is 15.2. The average Bonchev–Trinajstić information content (AvgIpc) is 2.60. The third-order valence-electron chi connectivity index (χ3n) is 3.04. The van der Waals surface area contributed by atoms with Crippen LogP contribution in [0.1, 0.15) is 36.9 Å². The second-order valence-electron chi connectivity index (χ2n) is 4.92. The van der Waals surface area contributed by atoms with Crippen LogP contribution in [0.25, 0.3) is 0 Å². The van der Waals surface area contributed by atoms with Gasteiger partial charge in [-0.1, -0.05) is 31.5 Å². The van der Waals surface area contributed by atoms with Crippen LogP contribution < -0.4 is 15.2 Å². The number of carbonyl (C=O) groups is 1. The number of carboxylic acid groups (broad SMARTS) is 1. The second-order valence-corrected chi connectivity index (χ2v) is 6.45. The molecule has 0 fully saturated rings. The van der Waals surface area contributed by atoms with Crippen LogP contribution in [0.5, 0.6) is 11.5 Å². The van der Waals surface area contributed by atoms with Crippen LogP contribution in [0.4, 0.5) is 5.69 Å². The number of ether oxygens (including phenoxy) is 1. The number of hydrogen-bond acceptors (Lipinski definition) is 5. The molecule has 0 aliphatic rings. The lowest BCUT2D eigenvalue weighted by molar-refractivity contribution is 0.0696. The molecular formula is C17H20N2O5S. The topological polar surface area (TPSA) is 119 Å². The number of para-hydroxylation sites is 1. The SMILES string of the molecule is [2H]C([2H])([2H])CCC([2H])([2H])Nc1cc(C(=O)O)cc(S(N)(=O)=O)c1Oc1ccccc1. The molecule has 7 nitrogen and oxygen atoms in total. The summed E-state index contributed by atoms with van der Waals surface area (Å²) in [5, 5.41) is 16.9. The lowest BCUT2D eigenvalue weighted by Gasteiger charge is -2.17. The zero-order valence-corrected chi connectivity index (χ0v) is 13.8. The van der Waals surface area contributed by atoms with Gasteiger partial charge in [-0.05, 0) is 30.7 Å². The Bertz CT molecular complexity index is 1030. The average molecular weight is 369 g/mol. The highest BCUT2D eigenvalue weighted by Crippen LogP contribution is 2.37. The Kier molecular flexibility index (Phi) is 4.07. The van der Waals surface area contributed by atoms with Gasteiger partial charge in [0, 0.05) is 13.4 Å². The van der Waals surface area contributed by atoms with E-state index in [2.05, 4.69) is 5.32 Å². The third kappa shape index (κ3) is 4.94. The smallest absolute Gasteiger partial charge is 0.335 e. The Morgan fingerprint density at radius 1 is 1.36 bits per heavy atom. The molecule has 0 heterocycles. The van der Waals surface area contributed by atoms with Gasteiger partial charge in [0.1, 0.15) is 10.6 Å². The lowest BCUT2D eigenvalue weighted by atomic mass is 10.1. The highest BCUT2D eigenvalue weighted by molar-refractivity contribution is 7.89. The number of nitrogens with two attached hydrogens (primary N) is 1. The van der Waals surface area contributed by atoms with E-state index < -0.39 is 58.4 Å². The molecule has 8 heteroatoms. The van der Waals surface area contributed by atoms with Gasteiger partial charge in [-0.2, -0.15) is 0 Å². The van der Waals surface area contributed by atoms with Gasteiger partial charge in [-0.3, -0.25) is 0 Å². The van der Waals surface area contributed by atoms with Crippen LogP contribution in [0.15, 0.2) is 47.4 Å². The highest BCUT2D eigenvalue weighted by Gasteiger charge is 2.23. The number of primary sulfonamides is 1. The molecule has 0 bridgehead atoms. The van der Waals surface area contributed by atoms with Crippen molar-refractivity contribution in [1.82, 2.24) is 0 Å². The summed E-state index contributed by atoms with van der Waals surface area (Å²) in [6, 6.07) is 9.71. The summed E-state index contributed by atoms with van der Waals surface area (Å²) >= 11 is 0. The highest BCUT2D eigenvalue weighted by atomic mass is 32.2. The number of aromatic carboxylic acids is 1. The van der Waals surface area contributed by atoms with Crippen molar-refractivity contribution in [2.75, 3.05) is 11.8 Å². The van der Waals surface area contributed by atoms with Crippen molar-refractivity contribution in [3.63, 3.8) is 0 Å². The third-order valence-corrected chi connectivity index (χ3v) is 3.96. The van der Waals surface area contributed by atoms with Gasteiger partial charge >= 0.3 is 5.97 Å². The number of nitrogens with one attached hydrogen (secondary N) is 1. The fourth-order valence-electron chi connectivity index (χ4n) is 1.96. The minimum absolute atomic E-state index is 0.191. The number of anilines is 1. The number of benzene rings is 2. The quantitative estimate of drug-likeness (QED) is 0.658. The van der Waals surface area contributed by atoms with Crippen LogP contribution >= 0.6 is 0 Å². The first kappa shape index (κ1) is 12.7. The molecule has 0 unspecified atom stereocenters. The first-order valence-electron chi connectivity index (χ1n) is 9.63. The molecule has 0 saturated carbocycles. The van der Waals surface area contributed by atoms with E-state index >= 15 is 0 Å². The van der Waals surface area contributed by atoms with Crippen LogP contribution in [0.3, 0.4) is 0 Å². The molecule has 2 rings (SSSR count). The minimum Gasteiger partial charge on any atom is -0.478 e. The van der Waals surface area contributed by atoms with Gasteiger partial charge in [-0.25, -0.2) is 18.4 Å². The zero-order chi connectivity index (χ0) is 22.7. The standard InChI is InChI=1S/C17H20N2O5S/c1-2-3-9-19-14-10-12(17(20)21)11-15(25(18,22)23)16(14)24-13-7-5-4-6-8-13/h4-8,10-11,19H,2-3,9H2,1H3,(H,20,21)(H2,18,22,23)/i1D3,9D2. The van der Waals surface area contributed by atoms with E-state index in [1.807, 2.05) is 0 Å². The molecule has 0 radical (unpaired) electrons. The van der Waals surface area contributed by atoms with Crippen LogP contribution in [0, 0.1) is 0 Å². The fourth-order valence-corrected chi connectivity index (χ4v) is 2.66. The molecule has 0 saturated heterocycles. The predicted octanol–water partition coefficient (Wildman–Crippen LogP) is 3.04. The van der Waals surface area contributed by atoms with Gasteiger partial charge in [0.15, 0.2) is 5.75 Å². The molecule has 0 aliphatic heterocycles. The first-order chi connectivity index (χ1) is 13.7. The largest absolute Gasteiger partial charge is 0.478 e. The maximum Gasteiger partial charge on any atom is 0.335 e. The van der Waals surface area contributed by atoms with E-state index in [1.165, 1.54) is 12.1 Å². The summed E-state index contributed by atoms with van der Waals surface area (Å²) in [6.07, 6.45) is -0.932. The summed E-state index contributed by atoms with van der Waals surface area (Å²) in [5.74, 6) is -1.69. The van der Waals surface area contributed by atoms with E-state index in [0.717, 1.165) is 12.1 Å². The molecule has 0 aliphatic carbocycles. The number of hydrogen-bond donors (Lipinski definition) is 3. The maximum absolute atomic E-state index is 12.1. The van der Waals surface area contributed by atoms with E-state index in [0.29, 0.717) is 0 Å². The molecule has 0 spiro atoms. The molecular weight excluding hydrogens is 344 g/mol. The Labute approximate surface area is 153 Å². The molecule has 2 aromatic carbocycles. The van der Waals surface area contributed by atoms with Crippen LogP contribution in [0.2, 0.25) is 0 Å². The zero-order valence-electron chi connectivity index (χ0n) is 18.0. The number of rotatable bonds is 8. The van der Waals surface area contributed by atoms with E-state index in [1.54, 1.807) is 18.2 Å². The molecule has 2 aromatic rings. The summed E-state index contributed by atoms with van der Waals surface area (Å²) in [5.41, 5.74) is -0.785. The Morgan fingerprint density at radius 2 is 2.08 bits per heavy atom. The van der Waals surface area contributed by atoms with Crippen molar-refractivity contribution < 1.29 is 29.9 Å². The van der Waals surface area contributed by atoms with Crippen molar-refractivity contribution in [2.45, 2.75) is 24.6 Å². The summed E-state index contributed by atoms with van der Waals surface area (Å²) in [7, 11) is -4.46. The molecule has 0 atom stereocenters. The van der Waals surface area contributed by atoms with E-state index in [9.17, 15) is 18.3 Å². The first-order valence-corrected chi connectivity index (χ1v) is 8.68. The van der Waals surface area contributed by atoms with Crippen molar-refractivity contribution in [3.05, 3.63) is 48.0 Å². The summed E-state index contributed by atoms with van der Waals surface area (Å²) in [4.78, 5) is 10.8. The maximum atomic E-state index is 12.1.